The lowest BCUT2D eigenvalue weighted by atomic mass is 9.97. The van der Waals surface area contributed by atoms with Crippen LogP contribution in [0.25, 0.3) is 0 Å². The number of carbonyl (C=O) groups is 1. The predicted molar refractivity (Wildman–Crippen MR) is 126 cm³/mol. The van der Waals surface area contributed by atoms with E-state index in [0.717, 1.165) is 68.7 Å². The molecule has 0 aliphatic carbocycles. The number of benzene rings is 1. The topological polar surface area (TPSA) is 48.9 Å². The summed E-state index contributed by atoms with van der Waals surface area (Å²) in [5.41, 5.74) is 0. The Morgan fingerprint density at radius 1 is 1.10 bits per heavy atom. The molecule has 0 spiro atoms. The molecule has 7 heteroatoms. The van der Waals surface area contributed by atoms with Crippen LogP contribution >= 0.6 is 11.8 Å². The Balaban J connectivity index is 1.20. The molecule has 0 N–H and O–H groups in total. The first-order chi connectivity index (χ1) is 15.2. The van der Waals surface area contributed by atoms with Gasteiger partial charge in [-0.05, 0) is 55.2 Å². The second-order valence-corrected chi connectivity index (χ2v) is 9.34. The summed E-state index contributed by atoms with van der Waals surface area (Å²) in [5, 5.41) is 0. The summed E-state index contributed by atoms with van der Waals surface area (Å²) < 4.78 is 5.20. The van der Waals surface area contributed by atoms with Gasteiger partial charge in [0.15, 0.2) is 0 Å². The number of anilines is 1. The number of likely N-dealkylation sites (tertiary alicyclic amines) is 1. The zero-order chi connectivity index (χ0) is 21.5. The van der Waals surface area contributed by atoms with Crippen molar-refractivity contribution in [1.29, 1.82) is 0 Å². The molecule has 1 amide bonds. The number of methoxy groups -OCH3 is 1. The maximum absolute atomic E-state index is 12.8. The van der Waals surface area contributed by atoms with Crippen molar-refractivity contribution in [2.24, 2.45) is 5.92 Å². The van der Waals surface area contributed by atoms with Gasteiger partial charge in [0.2, 0.25) is 5.91 Å². The third-order valence-electron chi connectivity index (χ3n) is 6.16. The first-order valence-electron chi connectivity index (χ1n) is 11.1. The lowest BCUT2D eigenvalue weighted by Crippen LogP contribution is -2.50. The first-order valence-corrected chi connectivity index (χ1v) is 12.1. The number of piperazine rings is 1. The minimum atomic E-state index is 0.255. The summed E-state index contributed by atoms with van der Waals surface area (Å²) in [7, 11) is 1.67. The molecule has 166 valence electrons. The Kier molecular flexibility index (Phi) is 7.70. The van der Waals surface area contributed by atoms with Crippen LogP contribution in [0.5, 0.6) is 5.75 Å². The number of piperidine rings is 1. The highest BCUT2D eigenvalue weighted by atomic mass is 32.2. The SMILES string of the molecule is COc1ccc(SCC(=O)N2CCCC(CN3CCN(c4ccccn4)CC3)C2)cc1. The lowest BCUT2D eigenvalue weighted by Gasteiger charge is -2.39. The number of hydrogen-bond acceptors (Lipinski definition) is 6. The molecule has 1 atom stereocenters. The molecule has 2 aliphatic rings. The smallest absolute Gasteiger partial charge is 0.232 e. The third kappa shape index (κ3) is 6.14. The summed E-state index contributed by atoms with van der Waals surface area (Å²) in [6.45, 7) is 7.04. The number of thioether (sulfide) groups is 1. The molecule has 0 bridgehead atoms. The molecule has 2 aromatic rings. The number of aromatic nitrogens is 1. The van der Waals surface area contributed by atoms with Gasteiger partial charge in [0.05, 0.1) is 12.9 Å². The van der Waals surface area contributed by atoms with E-state index >= 15 is 0 Å². The number of hydrogen-bond donors (Lipinski definition) is 0. The standard InChI is InChI=1S/C24H32N4O2S/c1-30-21-7-9-22(10-8-21)31-19-24(29)28-12-4-5-20(18-28)17-26-13-15-27(16-14-26)23-6-2-3-11-25-23/h2-3,6-11,20H,4-5,12-19H2,1H3. The Hall–Kier alpha value is -2.25. The molecule has 1 aromatic heterocycles. The zero-order valence-corrected chi connectivity index (χ0v) is 19.1. The van der Waals surface area contributed by atoms with Crippen LogP contribution in [0.1, 0.15) is 12.8 Å². The quantitative estimate of drug-likeness (QED) is 0.616. The number of pyridine rings is 1. The van der Waals surface area contributed by atoms with Crippen molar-refractivity contribution in [3.05, 3.63) is 48.7 Å². The maximum Gasteiger partial charge on any atom is 0.232 e. The minimum absolute atomic E-state index is 0.255. The number of amides is 1. The summed E-state index contributed by atoms with van der Waals surface area (Å²) in [6.07, 6.45) is 4.19. The molecule has 31 heavy (non-hydrogen) atoms. The van der Waals surface area contributed by atoms with Crippen molar-refractivity contribution in [3.8, 4) is 5.75 Å². The number of nitrogens with zero attached hydrogens (tertiary/aromatic N) is 4. The van der Waals surface area contributed by atoms with Gasteiger partial charge >= 0.3 is 0 Å². The van der Waals surface area contributed by atoms with Gasteiger partial charge in [-0.3, -0.25) is 9.69 Å². The van der Waals surface area contributed by atoms with Gasteiger partial charge in [-0.15, -0.1) is 11.8 Å². The molecule has 4 rings (SSSR count). The largest absolute Gasteiger partial charge is 0.497 e. The second-order valence-electron chi connectivity index (χ2n) is 8.29. The molecule has 2 aliphatic heterocycles. The van der Waals surface area contributed by atoms with E-state index in [1.807, 2.05) is 36.5 Å². The molecular formula is C24H32N4O2S. The van der Waals surface area contributed by atoms with Gasteiger partial charge < -0.3 is 14.5 Å². The molecule has 6 nitrogen and oxygen atoms in total. The van der Waals surface area contributed by atoms with Gasteiger partial charge in [-0.1, -0.05) is 6.07 Å². The van der Waals surface area contributed by atoms with Gasteiger partial charge in [-0.2, -0.15) is 0 Å². The molecule has 1 aromatic carbocycles. The number of ether oxygens (including phenoxy) is 1. The van der Waals surface area contributed by atoms with Gasteiger partial charge in [-0.25, -0.2) is 4.98 Å². The van der Waals surface area contributed by atoms with Crippen LogP contribution in [-0.2, 0) is 4.79 Å². The summed E-state index contributed by atoms with van der Waals surface area (Å²) in [5.74, 6) is 3.25. The van der Waals surface area contributed by atoms with Crippen molar-refractivity contribution < 1.29 is 9.53 Å². The molecule has 0 radical (unpaired) electrons. The maximum atomic E-state index is 12.8. The van der Waals surface area contributed by atoms with Crippen LogP contribution in [0, 0.1) is 5.92 Å². The van der Waals surface area contributed by atoms with Crippen LogP contribution in [0.2, 0.25) is 0 Å². The van der Waals surface area contributed by atoms with Crippen molar-refractivity contribution in [1.82, 2.24) is 14.8 Å². The highest BCUT2D eigenvalue weighted by Gasteiger charge is 2.26. The Labute approximate surface area is 189 Å². The van der Waals surface area contributed by atoms with Gasteiger partial charge in [0.1, 0.15) is 11.6 Å². The van der Waals surface area contributed by atoms with Crippen molar-refractivity contribution >= 4 is 23.5 Å². The van der Waals surface area contributed by atoms with Crippen LogP contribution < -0.4 is 9.64 Å². The van der Waals surface area contributed by atoms with Gasteiger partial charge in [0, 0.05) is 56.9 Å². The lowest BCUT2D eigenvalue weighted by molar-refractivity contribution is -0.130. The molecule has 3 heterocycles. The molecule has 2 fully saturated rings. The van der Waals surface area contributed by atoms with E-state index in [-0.39, 0.29) is 5.91 Å². The van der Waals surface area contributed by atoms with E-state index in [9.17, 15) is 4.79 Å². The van der Waals surface area contributed by atoms with Crippen molar-refractivity contribution in [2.45, 2.75) is 17.7 Å². The third-order valence-corrected chi connectivity index (χ3v) is 7.15. The van der Waals surface area contributed by atoms with E-state index < -0.39 is 0 Å². The molecular weight excluding hydrogens is 408 g/mol. The molecule has 0 saturated carbocycles. The van der Waals surface area contributed by atoms with Crippen LogP contribution in [0.3, 0.4) is 0 Å². The normalized spacial score (nSPS) is 20.0. The van der Waals surface area contributed by atoms with Crippen molar-refractivity contribution in [2.75, 3.05) is 63.6 Å². The summed E-state index contributed by atoms with van der Waals surface area (Å²) in [4.78, 5) is 25.4. The monoisotopic (exact) mass is 440 g/mol. The highest BCUT2D eigenvalue weighted by Crippen LogP contribution is 2.24. The Morgan fingerprint density at radius 3 is 2.61 bits per heavy atom. The van der Waals surface area contributed by atoms with E-state index in [0.29, 0.717) is 11.7 Å². The predicted octanol–water partition coefficient (Wildman–Crippen LogP) is 3.24. The van der Waals surface area contributed by atoms with E-state index in [4.69, 9.17) is 4.74 Å². The Bertz CT molecular complexity index is 825. The summed E-state index contributed by atoms with van der Waals surface area (Å²) >= 11 is 1.61. The van der Waals surface area contributed by atoms with Crippen LogP contribution in [-0.4, -0.2) is 79.4 Å². The van der Waals surface area contributed by atoms with Crippen LogP contribution in [0.4, 0.5) is 5.82 Å². The fourth-order valence-electron chi connectivity index (χ4n) is 4.41. The number of rotatable bonds is 7. The average Bonchev–Trinajstić information content (AvgIpc) is 2.84. The highest BCUT2D eigenvalue weighted by molar-refractivity contribution is 8.00. The fraction of sp³-hybridized carbons (Fsp3) is 0.500. The van der Waals surface area contributed by atoms with E-state index in [1.165, 1.54) is 6.42 Å². The minimum Gasteiger partial charge on any atom is -0.497 e. The fourth-order valence-corrected chi connectivity index (χ4v) is 5.22. The number of carbonyl (C=O) groups excluding carboxylic acids is 1. The Morgan fingerprint density at radius 2 is 1.90 bits per heavy atom. The second kappa shape index (κ2) is 10.9. The van der Waals surface area contributed by atoms with Crippen molar-refractivity contribution in [3.63, 3.8) is 0 Å². The van der Waals surface area contributed by atoms with Crippen LogP contribution in [0.15, 0.2) is 53.6 Å². The molecule has 1 unspecified atom stereocenters. The molecule has 2 saturated heterocycles. The average molecular weight is 441 g/mol. The zero-order valence-electron chi connectivity index (χ0n) is 18.3. The summed E-state index contributed by atoms with van der Waals surface area (Å²) in [6, 6.07) is 14.0. The first kappa shape index (κ1) is 22.0. The van der Waals surface area contributed by atoms with E-state index in [2.05, 4.69) is 31.8 Å². The van der Waals surface area contributed by atoms with E-state index in [1.54, 1.807) is 18.9 Å². The van der Waals surface area contributed by atoms with Gasteiger partial charge in [0.25, 0.3) is 0 Å².